The molecule has 1 heterocycles. The number of hydrogen-bond acceptors (Lipinski definition) is 5. The maximum Gasteiger partial charge on any atom is 0.340 e. The van der Waals surface area contributed by atoms with E-state index in [0.29, 0.717) is 34.5 Å². The number of hydrogen-bond donors (Lipinski definition) is 1. The summed E-state index contributed by atoms with van der Waals surface area (Å²) in [6.07, 6.45) is 0. The first-order valence-electron chi connectivity index (χ1n) is 9.36. The Bertz CT molecular complexity index is 1040. The number of benzene rings is 2. The van der Waals surface area contributed by atoms with E-state index in [-0.39, 0.29) is 17.2 Å². The first-order chi connectivity index (χ1) is 13.8. The first-order valence-corrected chi connectivity index (χ1v) is 11.1. The van der Waals surface area contributed by atoms with Gasteiger partial charge in [-0.15, -0.1) is 11.8 Å². The van der Waals surface area contributed by atoms with Crippen LogP contribution in [0.4, 0.5) is 0 Å². The fourth-order valence-corrected chi connectivity index (χ4v) is 4.86. The van der Waals surface area contributed by atoms with E-state index in [4.69, 9.17) is 4.74 Å². The lowest BCUT2D eigenvalue weighted by molar-refractivity contribution is 0.0527. The second-order valence-corrected chi connectivity index (χ2v) is 8.92. The lowest BCUT2D eigenvalue weighted by Gasteiger charge is -2.15. The number of carbonyl (C=O) groups is 1. The summed E-state index contributed by atoms with van der Waals surface area (Å²) in [6.45, 7) is 2.60. The number of aromatic hydroxyl groups is 1. The van der Waals surface area contributed by atoms with Gasteiger partial charge in [0.25, 0.3) is 0 Å². The van der Waals surface area contributed by atoms with Crippen LogP contribution in [0.15, 0.2) is 45.8 Å². The van der Waals surface area contributed by atoms with Crippen molar-refractivity contribution >= 4 is 44.6 Å². The molecule has 2 aromatic carbocycles. The molecule has 0 unspecified atom stereocenters. The van der Waals surface area contributed by atoms with Gasteiger partial charge in [-0.25, -0.2) is 4.79 Å². The molecule has 8 heteroatoms. The zero-order valence-electron chi connectivity index (χ0n) is 17.5. The molecule has 0 atom stereocenters. The highest BCUT2D eigenvalue weighted by molar-refractivity contribution is 9.10. The first kappa shape index (κ1) is 24.3. The predicted molar refractivity (Wildman–Crippen MR) is 125 cm³/mol. The number of halogens is 1. The average Bonchev–Trinajstić information content (AvgIpc) is 2.96. The number of esters is 1. The van der Waals surface area contributed by atoms with Crippen molar-refractivity contribution in [3.05, 3.63) is 57.7 Å². The van der Waals surface area contributed by atoms with Gasteiger partial charge in [0.2, 0.25) is 0 Å². The minimum absolute atomic E-state index is 0. The van der Waals surface area contributed by atoms with Gasteiger partial charge in [0.15, 0.2) is 0 Å². The maximum atomic E-state index is 13.0. The molecule has 0 radical (unpaired) electrons. The van der Waals surface area contributed by atoms with Gasteiger partial charge < -0.3 is 24.8 Å². The van der Waals surface area contributed by atoms with Gasteiger partial charge in [-0.05, 0) is 55.1 Å². The quantitative estimate of drug-likeness (QED) is 0.389. The summed E-state index contributed by atoms with van der Waals surface area (Å²) < 4.78 is 8.04. The fraction of sp³-hybridized carbons (Fsp3) is 0.318. The molecule has 0 aliphatic carbocycles. The molecule has 30 heavy (non-hydrogen) atoms. The SMILES string of the molecule is CCOC(=O)c1c(CSc2ccccc2)n(C)c2cc(Br)c(O)c(CN(C)C)c12.O. The van der Waals surface area contributed by atoms with Gasteiger partial charge in [-0.1, -0.05) is 18.2 Å². The number of ether oxygens (including phenoxy) is 1. The maximum absolute atomic E-state index is 13.0. The fourth-order valence-electron chi connectivity index (χ4n) is 3.41. The van der Waals surface area contributed by atoms with Crippen LogP contribution in [0.25, 0.3) is 10.9 Å². The molecule has 0 bridgehead atoms. The zero-order valence-corrected chi connectivity index (χ0v) is 19.9. The molecule has 0 saturated heterocycles. The standard InChI is InChI=1S/C22H25BrN2O3S.H2O/c1-5-28-22(27)20-18(13-29-14-9-7-6-8-10-14)25(4)17-11-16(23)21(26)15(19(17)20)12-24(2)3;/h6-11,26H,5,12-13H2,1-4H3;1H2. The number of aryl methyl sites for hydroxylation is 1. The van der Waals surface area contributed by atoms with Crippen molar-refractivity contribution in [1.82, 2.24) is 9.47 Å². The highest BCUT2D eigenvalue weighted by atomic mass is 79.9. The number of fused-ring (bicyclic) bond motifs is 1. The summed E-state index contributed by atoms with van der Waals surface area (Å²) in [5, 5.41) is 11.5. The highest BCUT2D eigenvalue weighted by Gasteiger charge is 2.27. The second kappa shape index (κ2) is 10.3. The van der Waals surface area contributed by atoms with E-state index in [2.05, 4.69) is 28.1 Å². The number of nitrogens with zero attached hydrogens (tertiary/aromatic N) is 2. The summed E-state index contributed by atoms with van der Waals surface area (Å²) in [4.78, 5) is 16.1. The van der Waals surface area contributed by atoms with Crippen LogP contribution >= 0.6 is 27.7 Å². The molecule has 3 aromatic rings. The molecular weight excluding hydrogens is 468 g/mol. The average molecular weight is 495 g/mol. The lowest BCUT2D eigenvalue weighted by atomic mass is 10.0. The Balaban J connectivity index is 0.00000320. The van der Waals surface area contributed by atoms with Gasteiger partial charge in [-0.3, -0.25) is 0 Å². The van der Waals surface area contributed by atoms with Crippen LogP contribution in [0, 0.1) is 0 Å². The van der Waals surface area contributed by atoms with E-state index < -0.39 is 0 Å². The second-order valence-electron chi connectivity index (χ2n) is 7.02. The predicted octanol–water partition coefficient (Wildman–Crippen LogP) is 4.35. The Morgan fingerprint density at radius 1 is 1.27 bits per heavy atom. The van der Waals surface area contributed by atoms with Crippen LogP contribution in [-0.4, -0.2) is 46.7 Å². The number of phenols is 1. The molecule has 0 aliphatic rings. The molecule has 0 aliphatic heterocycles. The normalized spacial score (nSPS) is 11.0. The molecule has 1 aromatic heterocycles. The molecule has 0 fully saturated rings. The van der Waals surface area contributed by atoms with Crippen LogP contribution in [0.3, 0.4) is 0 Å². The van der Waals surface area contributed by atoms with Crippen LogP contribution in [0.5, 0.6) is 5.75 Å². The Labute approximate surface area is 189 Å². The van der Waals surface area contributed by atoms with E-state index in [1.807, 2.05) is 54.9 Å². The summed E-state index contributed by atoms with van der Waals surface area (Å²) in [6, 6.07) is 12.0. The third-order valence-corrected chi connectivity index (χ3v) is 6.34. The number of phenolic OH excluding ortho intramolecular Hbond substituents is 1. The summed E-state index contributed by atoms with van der Waals surface area (Å²) in [7, 11) is 5.82. The van der Waals surface area contributed by atoms with Gasteiger partial charge in [-0.2, -0.15) is 0 Å². The van der Waals surface area contributed by atoms with Crippen molar-refractivity contribution in [1.29, 1.82) is 0 Å². The van der Waals surface area contributed by atoms with Gasteiger partial charge in [0.05, 0.1) is 22.2 Å². The summed E-state index contributed by atoms with van der Waals surface area (Å²) in [5.41, 5.74) is 3.02. The molecular formula is C22H27BrN2O4S. The molecule has 162 valence electrons. The minimum atomic E-state index is -0.358. The van der Waals surface area contributed by atoms with E-state index in [0.717, 1.165) is 21.5 Å². The molecule has 3 N–H and O–H groups in total. The Hall–Kier alpha value is -2.00. The molecule has 6 nitrogen and oxygen atoms in total. The van der Waals surface area contributed by atoms with Gasteiger partial charge in [0, 0.05) is 40.9 Å². The third kappa shape index (κ3) is 4.83. The van der Waals surface area contributed by atoms with Gasteiger partial charge in [0.1, 0.15) is 5.75 Å². The van der Waals surface area contributed by atoms with Crippen molar-refractivity contribution in [2.24, 2.45) is 7.05 Å². The summed E-state index contributed by atoms with van der Waals surface area (Å²) >= 11 is 5.13. The van der Waals surface area contributed by atoms with Crippen molar-refractivity contribution in [3.63, 3.8) is 0 Å². The topological polar surface area (TPSA) is 86.2 Å². The monoisotopic (exact) mass is 494 g/mol. The third-order valence-electron chi connectivity index (χ3n) is 4.71. The number of thioether (sulfide) groups is 1. The smallest absolute Gasteiger partial charge is 0.340 e. The van der Waals surface area contributed by atoms with E-state index in [1.54, 1.807) is 18.7 Å². The van der Waals surface area contributed by atoms with Crippen molar-refractivity contribution in [3.8, 4) is 5.75 Å². The van der Waals surface area contributed by atoms with Crippen LogP contribution in [-0.2, 0) is 24.1 Å². The summed E-state index contributed by atoms with van der Waals surface area (Å²) in [5.74, 6) is 0.413. The van der Waals surface area contributed by atoms with Gasteiger partial charge >= 0.3 is 5.97 Å². The molecule has 0 saturated carbocycles. The molecule has 0 spiro atoms. The Kier molecular flexibility index (Phi) is 8.37. The number of rotatable bonds is 7. The van der Waals surface area contributed by atoms with Crippen molar-refractivity contribution in [2.45, 2.75) is 24.1 Å². The van der Waals surface area contributed by atoms with E-state index in [1.165, 1.54) is 0 Å². The Morgan fingerprint density at radius 2 is 1.93 bits per heavy atom. The number of carbonyl (C=O) groups excluding carboxylic acids is 1. The van der Waals surface area contributed by atoms with Crippen LogP contribution in [0.2, 0.25) is 0 Å². The largest absolute Gasteiger partial charge is 0.506 e. The molecule has 3 rings (SSSR count). The van der Waals surface area contributed by atoms with E-state index in [9.17, 15) is 9.90 Å². The minimum Gasteiger partial charge on any atom is -0.506 e. The number of aromatic nitrogens is 1. The highest BCUT2D eigenvalue weighted by Crippen LogP contribution is 2.41. The van der Waals surface area contributed by atoms with Crippen molar-refractivity contribution in [2.75, 3.05) is 20.7 Å². The zero-order chi connectivity index (χ0) is 21.1. The van der Waals surface area contributed by atoms with Crippen molar-refractivity contribution < 1.29 is 20.1 Å². The molecule has 0 amide bonds. The van der Waals surface area contributed by atoms with E-state index >= 15 is 0 Å². The van der Waals surface area contributed by atoms with Crippen LogP contribution < -0.4 is 0 Å². The Morgan fingerprint density at radius 3 is 2.53 bits per heavy atom. The van der Waals surface area contributed by atoms with Crippen LogP contribution in [0.1, 0.15) is 28.5 Å². The lowest BCUT2D eigenvalue weighted by Crippen LogP contribution is -2.13.